The number of hydrogen-bond acceptors (Lipinski definition) is 4. The maximum absolute atomic E-state index is 12.8. The number of hydrogen-bond donors (Lipinski definition) is 1. The third kappa shape index (κ3) is 3.52. The van der Waals surface area contributed by atoms with Crippen LogP contribution in [0.1, 0.15) is 18.9 Å². The number of carbonyl (C=O) groups excluding carboxylic acids is 2. The molecule has 6 nitrogen and oxygen atoms in total. The molecular weight excluding hydrogens is 372 g/mol. The third-order valence-electron chi connectivity index (χ3n) is 5.99. The van der Waals surface area contributed by atoms with Gasteiger partial charge in [0.25, 0.3) is 0 Å². The van der Waals surface area contributed by atoms with Gasteiger partial charge in [0, 0.05) is 30.7 Å². The lowest BCUT2D eigenvalue weighted by molar-refractivity contribution is -0.123. The van der Waals surface area contributed by atoms with Crippen LogP contribution in [0.15, 0.2) is 41.1 Å². The highest BCUT2D eigenvalue weighted by atomic mass is 32.1. The monoisotopic (exact) mass is 398 g/mol. The van der Waals surface area contributed by atoms with E-state index >= 15 is 0 Å². The molecule has 4 rings (SSSR count). The van der Waals surface area contributed by atoms with Crippen molar-refractivity contribution in [2.45, 2.75) is 25.3 Å². The maximum Gasteiger partial charge on any atom is 0.321 e. The van der Waals surface area contributed by atoms with Gasteiger partial charge in [-0.1, -0.05) is 19.1 Å². The number of anilines is 2. The Balaban J connectivity index is 1.45. The topological polar surface area (TPSA) is 55.9 Å². The molecule has 0 saturated carbocycles. The summed E-state index contributed by atoms with van der Waals surface area (Å²) >= 11 is 1.59. The van der Waals surface area contributed by atoms with Gasteiger partial charge in [-0.25, -0.2) is 4.79 Å². The molecular formula is C21H26N4O2S. The summed E-state index contributed by atoms with van der Waals surface area (Å²) in [6.07, 6.45) is 1.84. The number of benzene rings is 1. The molecule has 28 heavy (non-hydrogen) atoms. The van der Waals surface area contributed by atoms with Crippen molar-refractivity contribution in [3.8, 4) is 0 Å². The van der Waals surface area contributed by atoms with E-state index in [9.17, 15) is 9.59 Å². The molecule has 1 spiro atoms. The first-order valence-electron chi connectivity index (χ1n) is 9.69. The minimum Gasteiger partial charge on any atom is -0.323 e. The zero-order valence-corrected chi connectivity index (χ0v) is 17.2. The fraction of sp³-hybridized carbons (Fsp3) is 0.429. The predicted molar refractivity (Wildman–Crippen MR) is 113 cm³/mol. The molecule has 0 radical (unpaired) electrons. The van der Waals surface area contributed by atoms with E-state index in [1.165, 1.54) is 5.56 Å². The number of amides is 3. The summed E-state index contributed by atoms with van der Waals surface area (Å²) in [6, 6.07) is 9.90. The lowest BCUT2D eigenvalue weighted by atomic mass is 9.93. The minimum absolute atomic E-state index is 0.0755. The highest BCUT2D eigenvalue weighted by Gasteiger charge is 2.48. The molecule has 0 bridgehead atoms. The molecule has 1 aromatic heterocycles. The van der Waals surface area contributed by atoms with Crippen LogP contribution in [0.2, 0.25) is 0 Å². The molecule has 0 aliphatic carbocycles. The van der Waals surface area contributed by atoms with Crippen LogP contribution < -0.4 is 10.2 Å². The van der Waals surface area contributed by atoms with Crippen molar-refractivity contribution in [1.29, 1.82) is 0 Å². The second-order valence-corrected chi connectivity index (χ2v) is 8.47. The van der Waals surface area contributed by atoms with Gasteiger partial charge in [-0.2, -0.15) is 11.3 Å². The van der Waals surface area contributed by atoms with Gasteiger partial charge in [0.1, 0.15) is 0 Å². The summed E-state index contributed by atoms with van der Waals surface area (Å²) in [7, 11) is 1.99. The first-order valence-corrected chi connectivity index (χ1v) is 10.6. The zero-order valence-electron chi connectivity index (χ0n) is 16.4. The van der Waals surface area contributed by atoms with Gasteiger partial charge in [0.2, 0.25) is 5.91 Å². The first kappa shape index (κ1) is 19.0. The van der Waals surface area contributed by atoms with Gasteiger partial charge < -0.3 is 15.1 Å². The Labute approximate surface area is 169 Å². The van der Waals surface area contributed by atoms with Crippen LogP contribution in [0, 0.1) is 0 Å². The highest BCUT2D eigenvalue weighted by molar-refractivity contribution is 7.08. The maximum atomic E-state index is 12.8. The van der Waals surface area contributed by atoms with Crippen molar-refractivity contribution in [1.82, 2.24) is 9.80 Å². The predicted octanol–water partition coefficient (Wildman–Crippen LogP) is 3.27. The number of likely N-dealkylation sites (N-methyl/N-ethyl adjacent to an activating group) is 1. The van der Waals surface area contributed by atoms with Gasteiger partial charge in [0.05, 0.1) is 17.8 Å². The first-order chi connectivity index (χ1) is 13.5. The average molecular weight is 399 g/mol. The highest BCUT2D eigenvalue weighted by Crippen LogP contribution is 2.34. The Morgan fingerprint density at radius 1 is 1.21 bits per heavy atom. The van der Waals surface area contributed by atoms with Crippen molar-refractivity contribution in [3.05, 3.63) is 46.7 Å². The smallest absolute Gasteiger partial charge is 0.321 e. The normalized spacial score (nSPS) is 22.9. The quantitative estimate of drug-likeness (QED) is 0.863. The molecule has 1 unspecified atom stereocenters. The molecule has 2 aromatic rings. The summed E-state index contributed by atoms with van der Waals surface area (Å²) in [4.78, 5) is 31.2. The Bertz CT molecular complexity index is 852. The molecule has 7 heteroatoms. The number of likely N-dealkylation sites (tertiary alicyclic amines) is 1. The van der Waals surface area contributed by atoms with E-state index in [0.29, 0.717) is 26.2 Å². The van der Waals surface area contributed by atoms with E-state index in [0.717, 1.165) is 24.2 Å². The van der Waals surface area contributed by atoms with Gasteiger partial charge in [0.15, 0.2) is 0 Å². The summed E-state index contributed by atoms with van der Waals surface area (Å²) in [5.74, 6) is 0.116. The lowest BCUT2D eigenvalue weighted by Crippen LogP contribution is -2.64. The van der Waals surface area contributed by atoms with Gasteiger partial charge in [-0.15, -0.1) is 0 Å². The molecule has 2 aliphatic heterocycles. The Hall–Kier alpha value is -2.38. The number of nitrogens with zero attached hydrogens (tertiary/aromatic N) is 3. The number of nitrogens with one attached hydrogen (secondary N) is 1. The third-order valence-corrected chi connectivity index (χ3v) is 6.66. The van der Waals surface area contributed by atoms with Crippen molar-refractivity contribution >= 4 is 34.6 Å². The van der Waals surface area contributed by atoms with E-state index < -0.39 is 0 Å². The van der Waals surface area contributed by atoms with Gasteiger partial charge in [-0.05, 0) is 49.0 Å². The standard InChI is InChI=1S/C21H26N4O2S/c1-3-16-4-6-17(7-5-16)22-20(27)24-10-9-21(14-24)15-25(18-8-11-28-13-18)19(26)12-23(21)2/h4-8,11,13H,3,9-10,12,14-15H2,1-2H3,(H,22,27). The number of rotatable bonds is 3. The van der Waals surface area contributed by atoms with E-state index in [4.69, 9.17) is 0 Å². The van der Waals surface area contributed by atoms with Crippen LogP contribution in [0.4, 0.5) is 16.2 Å². The van der Waals surface area contributed by atoms with Crippen LogP contribution >= 0.6 is 11.3 Å². The fourth-order valence-corrected chi connectivity index (χ4v) is 4.74. The Kier molecular flexibility index (Phi) is 5.12. The molecule has 2 saturated heterocycles. The summed E-state index contributed by atoms with van der Waals surface area (Å²) in [5, 5.41) is 7.01. The van der Waals surface area contributed by atoms with Gasteiger partial charge in [-0.3, -0.25) is 9.69 Å². The average Bonchev–Trinajstić information content (AvgIpc) is 3.36. The molecule has 2 aliphatic rings. The molecule has 1 aromatic carbocycles. The van der Waals surface area contributed by atoms with Crippen LogP contribution in [0.5, 0.6) is 0 Å². The molecule has 148 valence electrons. The van der Waals surface area contributed by atoms with E-state index in [-0.39, 0.29) is 17.5 Å². The second-order valence-electron chi connectivity index (χ2n) is 7.69. The van der Waals surface area contributed by atoms with Crippen LogP contribution in [-0.4, -0.2) is 60.5 Å². The molecule has 3 amide bonds. The summed E-state index contributed by atoms with van der Waals surface area (Å²) in [6.45, 7) is 4.42. The summed E-state index contributed by atoms with van der Waals surface area (Å²) < 4.78 is 0. The molecule has 3 heterocycles. The Morgan fingerprint density at radius 2 is 2.00 bits per heavy atom. The number of carbonyl (C=O) groups is 2. The number of aryl methyl sites for hydroxylation is 1. The number of urea groups is 1. The van der Waals surface area contributed by atoms with E-state index in [2.05, 4.69) is 17.1 Å². The van der Waals surface area contributed by atoms with Crippen molar-refractivity contribution in [2.75, 3.05) is 43.4 Å². The largest absolute Gasteiger partial charge is 0.323 e. The molecule has 2 fully saturated rings. The SMILES string of the molecule is CCc1ccc(NC(=O)N2CCC3(C2)CN(c2ccsc2)C(=O)CN3C)cc1. The van der Waals surface area contributed by atoms with Crippen LogP contribution in [0.3, 0.4) is 0 Å². The van der Waals surface area contributed by atoms with Crippen LogP contribution in [0.25, 0.3) is 0 Å². The lowest BCUT2D eigenvalue weighted by Gasteiger charge is -2.46. The van der Waals surface area contributed by atoms with E-state index in [1.54, 1.807) is 11.3 Å². The second kappa shape index (κ2) is 7.56. The summed E-state index contributed by atoms with van der Waals surface area (Å²) in [5.41, 5.74) is 2.83. The number of thiophene rings is 1. The molecule has 1 N–H and O–H groups in total. The van der Waals surface area contributed by atoms with E-state index in [1.807, 2.05) is 57.9 Å². The number of piperazine rings is 1. The van der Waals surface area contributed by atoms with Crippen molar-refractivity contribution in [3.63, 3.8) is 0 Å². The molecule has 1 atom stereocenters. The van der Waals surface area contributed by atoms with Crippen molar-refractivity contribution < 1.29 is 9.59 Å². The van der Waals surface area contributed by atoms with Crippen LogP contribution in [-0.2, 0) is 11.2 Å². The van der Waals surface area contributed by atoms with Crippen molar-refractivity contribution in [2.24, 2.45) is 0 Å². The Morgan fingerprint density at radius 3 is 2.68 bits per heavy atom. The zero-order chi connectivity index (χ0) is 19.7. The van der Waals surface area contributed by atoms with Gasteiger partial charge >= 0.3 is 6.03 Å². The fourth-order valence-electron chi connectivity index (χ4n) is 4.10. The minimum atomic E-state index is -0.195.